The number of aromatic nitrogens is 2. The van der Waals surface area contributed by atoms with Crippen molar-refractivity contribution in [2.45, 2.75) is 27.7 Å². The van der Waals surface area contributed by atoms with Gasteiger partial charge < -0.3 is 14.0 Å². The van der Waals surface area contributed by atoms with Crippen LogP contribution in [0, 0.1) is 13.8 Å². The number of hydrogen-bond acceptors (Lipinski definition) is 3. The predicted molar refractivity (Wildman–Crippen MR) is 79.0 cm³/mol. The van der Waals surface area contributed by atoms with Crippen LogP contribution >= 0.6 is 0 Å². The van der Waals surface area contributed by atoms with Crippen molar-refractivity contribution in [1.82, 2.24) is 9.38 Å². The molecule has 0 N–H and O–H groups in total. The number of morpholine rings is 1. The molecule has 4 heteroatoms. The summed E-state index contributed by atoms with van der Waals surface area (Å²) in [6.07, 6.45) is 2.18. The number of imidazole rings is 1. The van der Waals surface area contributed by atoms with Crippen LogP contribution in [0.2, 0.25) is 0 Å². The molecule has 0 aliphatic carbocycles. The lowest BCUT2D eigenvalue weighted by atomic mass is 10.3. The Morgan fingerprint density at radius 3 is 2.47 bits per heavy atom. The van der Waals surface area contributed by atoms with E-state index in [0.717, 1.165) is 37.6 Å². The van der Waals surface area contributed by atoms with E-state index in [1.54, 1.807) is 0 Å². The van der Waals surface area contributed by atoms with Gasteiger partial charge in [0, 0.05) is 25.0 Å². The number of nitrogens with zero attached hydrogens (tertiary/aromatic N) is 3. The molecular weight excluding hydrogens is 238 g/mol. The van der Waals surface area contributed by atoms with Crippen LogP contribution in [0.25, 0.3) is 5.65 Å². The van der Waals surface area contributed by atoms with Crippen LogP contribution in [0.4, 0.5) is 5.69 Å². The Labute approximate surface area is 115 Å². The maximum atomic E-state index is 5.38. The number of aryl methyl sites for hydroxylation is 2. The Morgan fingerprint density at radius 2 is 1.79 bits per heavy atom. The van der Waals surface area contributed by atoms with Crippen LogP contribution in [-0.4, -0.2) is 35.7 Å². The van der Waals surface area contributed by atoms with Gasteiger partial charge in [-0.2, -0.15) is 0 Å². The third-order valence-electron chi connectivity index (χ3n) is 3.45. The average Bonchev–Trinajstić information content (AvgIpc) is 2.77. The lowest BCUT2D eigenvalue weighted by Gasteiger charge is -2.28. The quantitative estimate of drug-likeness (QED) is 0.790. The lowest BCUT2D eigenvalue weighted by Crippen LogP contribution is -2.36. The van der Waals surface area contributed by atoms with E-state index in [0.29, 0.717) is 0 Å². The minimum atomic E-state index is 0.819. The average molecular weight is 261 g/mol. The second-order valence-corrected chi connectivity index (χ2v) is 4.50. The number of pyridine rings is 1. The smallest absolute Gasteiger partial charge is 0.137 e. The normalized spacial score (nSPS) is 15.3. The molecule has 0 bridgehead atoms. The molecule has 0 radical (unpaired) electrons. The van der Waals surface area contributed by atoms with Crippen LogP contribution in [0.15, 0.2) is 18.3 Å². The first kappa shape index (κ1) is 13.9. The molecule has 104 valence electrons. The maximum absolute atomic E-state index is 5.38. The SMILES string of the molecule is CC.Cc1nc2ccc(N3CCOCC3)cn2c1C. The van der Waals surface area contributed by atoms with Gasteiger partial charge in [0.2, 0.25) is 0 Å². The molecule has 1 saturated heterocycles. The van der Waals surface area contributed by atoms with E-state index in [4.69, 9.17) is 4.74 Å². The Balaban J connectivity index is 0.000000637. The van der Waals surface area contributed by atoms with E-state index in [1.807, 2.05) is 13.8 Å². The monoisotopic (exact) mass is 261 g/mol. The summed E-state index contributed by atoms with van der Waals surface area (Å²) in [7, 11) is 0. The van der Waals surface area contributed by atoms with Crippen molar-refractivity contribution in [3.63, 3.8) is 0 Å². The fourth-order valence-electron chi connectivity index (χ4n) is 2.28. The number of ether oxygens (including phenoxy) is 1. The van der Waals surface area contributed by atoms with Crippen LogP contribution < -0.4 is 4.90 Å². The maximum Gasteiger partial charge on any atom is 0.137 e. The van der Waals surface area contributed by atoms with Crippen molar-refractivity contribution in [1.29, 1.82) is 0 Å². The van der Waals surface area contributed by atoms with Crippen molar-refractivity contribution < 1.29 is 4.74 Å². The van der Waals surface area contributed by atoms with Gasteiger partial charge in [-0.25, -0.2) is 4.98 Å². The summed E-state index contributed by atoms with van der Waals surface area (Å²) in [6.45, 7) is 11.7. The van der Waals surface area contributed by atoms with Crippen molar-refractivity contribution in [3.8, 4) is 0 Å². The van der Waals surface area contributed by atoms with Gasteiger partial charge in [0.25, 0.3) is 0 Å². The Morgan fingerprint density at radius 1 is 1.11 bits per heavy atom. The molecule has 2 aromatic heterocycles. The highest BCUT2D eigenvalue weighted by Crippen LogP contribution is 2.19. The number of rotatable bonds is 1. The van der Waals surface area contributed by atoms with E-state index in [9.17, 15) is 0 Å². The number of hydrogen-bond donors (Lipinski definition) is 0. The highest BCUT2D eigenvalue weighted by molar-refractivity contribution is 5.53. The summed E-state index contributed by atoms with van der Waals surface area (Å²) in [5.41, 5.74) is 4.59. The van der Waals surface area contributed by atoms with E-state index in [2.05, 4.69) is 46.5 Å². The van der Waals surface area contributed by atoms with E-state index < -0.39 is 0 Å². The second kappa shape index (κ2) is 6.06. The minimum absolute atomic E-state index is 0.819. The van der Waals surface area contributed by atoms with Crippen molar-refractivity contribution in [2.75, 3.05) is 31.2 Å². The molecule has 1 aliphatic rings. The predicted octanol–water partition coefficient (Wildman–Crippen LogP) is 2.81. The summed E-state index contributed by atoms with van der Waals surface area (Å²) < 4.78 is 7.54. The van der Waals surface area contributed by atoms with E-state index in [-0.39, 0.29) is 0 Å². The third-order valence-corrected chi connectivity index (χ3v) is 3.45. The van der Waals surface area contributed by atoms with Crippen molar-refractivity contribution >= 4 is 11.3 Å². The molecule has 0 atom stereocenters. The fourth-order valence-corrected chi connectivity index (χ4v) is 2.28. The zero-order chi connectivity index (χ0) is 13.8. The van der Waals surface area contributed by atoms with E-state index in [1.165, 1.54) is 11.4 Å². The number of fused-ring (bicyclic) bond motifs is 1. The molecular formula is C15H23N3O. The van der Waals surface area contributed by atoms with Crippen LogP contribution in [0.1, 0.15) is 25.2 Å². The minimum Gasteiger partial charge on any atom is -0.378 e. The summed E-state index contributed by atoms with van der Waals surface area (Å²) in [4.78, 5) is 6.88. The second-order valence-electron chi connectivity index (χ2n) is 4.50. The Hall–Kier alpha value is -1.55. The molecule has 0 amide bonds. The molecule has 3 rings (SSSR count). The first-order chi connectivity index (χ1) is 9.25. The molecule has 0 unspecified atom stereocenters. The first-order valence-electron chi connectivity index (χ1n) is 7.04. The largest absolute Gasteiger partial charge is 0.378 e. The van der Waals surface area contributed by atoms with Crippen molar-refractivity contribution in [2.24, 2.45) is 0 Å². The Bertz CT molecular complexity index is 542. The topological polar surface area (TPSA) is 29.8 Å². The molecule has 19 heavy (non-hydrogen) atoms. The summed E-state index contributed by atoms with van der Waals surface area (Å²) in [5.74, 6) is 0. The molecule has 1 aliphatic heterocycles. The summed E-state index contributed by atoms with van der Waals surface area (Å²) >= 11 is 0. The molecule has 0 spiro atoms. The summed E-state index contributed by atoms with van der Waals surface area (Å²) in [5, 5.41) is 0. The summed E-state index contributed by atoms with van der Waals surface area (Å²) in [6, 6.07) is 4.23. The van der Waals surface area contributed by atoms with Gasteiger partial charge in [-0.15, -0.1) is 0 Å². The zero-order valence-corrected chi connectivity index (χ0v) is 12.3. The standard InChI is InChI=1S/C13H17N3O.C2H6/c1-10-11(2)16-9-12(3-4-13(16)14-10)15-5-7-17-8-6-15;1-2/h3-4,9H,5-8H2,1-2H3;1-2H3. The molecule has 0 aromatic carbocycles. The lowest BCUT2D eigenvalue weighted by molar-refractivity contribution is 0.122. The number of anilines is 1. The van der Waals surface area contributed by atoms with Gasteiger partial charge in [-0.1, -0.05) is 13.8 Å². The van der Waals surface area contributed by atoms with Gasteiger partial charge in [0.15, 0.2) is 0 Å². The molecule has 2 aromatic rings. The molecule has 1 fully saturated rings. The van der Waals surface area contributed by atoms with Gasteiger partial charge >= 0.3 is 0 Å². The van der Waals surface area contributed by atoms with Crippen LogP contribution in [0.5, 0.6) is 0 Å². The van der Waals surface area contributed by atoms with E-state index >= 15 is 0 Å². The first-order valence-corrected chi connectivity index (χ1v) is 7.04. The van der Waals surface area contributed by atoms with Gasteiger partial charge in [0.05, 0.1) is 24.6 Å². The van der Waals surface area contributed by atoms with Crippen molar-refractivity contribution in [3.05, 3.63) is 29.7 Å². The van der Waals surface area contributed by atoms with Crippen LogP contribution in [-0.2, 0) is 4.74 Å². The molecule has 0 saturated carbocycles. The van der Waals surface area contributed by atoms with Gasteiger partial charge in [-0.05, 0) is 26.0 Å². The van der Waals surface area contributed by atoms with Gasteiger partial charge in [-0.3, -0.25) is 0 Å². The fraction of sp³-hybridized carbons (Fsp3) is 0.533. The van der Waals surface area contributed by atoms with Gasteiger partial charge in [0.1, 0.15) is 5.65 Å². The zero-order valence-electron chi connectivity index (χ0n) is 12.3. The third kappa shape index (κ3) is 2.73. The highest BCUT2D eigenvalue weighted by atomic mass is 16.5. The molecule has 3 heterocycles. The highest BCUT2D eigenvalue weighted by Gasteiger charge is 2.12. The Kier molecular flexibility index (Phi) is 4.43. The molecule has 4 nitrogen and oxygen atoms in total. The van der Waals surface area contributed by atoms with Crippen LogP contribution in [0.3, 0.4) is 0 Å².